The molecule has 1 aliphatic heterocycles. The van der Waals surface area contributed by atoms with Crippen LogP contribution in [-0.4, -0.2) is 27.8 Å². The minimum Gasteiger partial charge on any atom is -0.324 e. The van der Waals surface area contributed by atoms with E-state index in [0.717, 1.165) is 16.7 Å². The van der Waals surface area contributed by atoms with E-state index in [2.05, 4.69) is 10.3 Å². The van der Waals surface area contributed by atoms with Crippen LogP contribution < -0.4 is 5.32 Å². The third-order valence-electron chi connectivity index (χ3n) is 2.47. The molecule has 1 heterocycles. The number of halogens is 3. The van der Waals surface area contributed by atoms with Crippen molar-refractivity contribution in [2.75, 3.05) is 17.6 Å². The molecule has 1 aliphatic rings. The molecule has 0 radical (unpaired) electrons. The summed E-state index contributed by atoms with van der Waals surface area (Å²) in [5.41, 5.74) is 0.458. The van der Waals surface area contributed by atoms with E-state index >= 15 is 0 Å². The first kappa shape index (κ1) is 16.3. The molecule has 0 aliphatic carbocycles. The zero-order chi connectivity index (χ0) is 14.7. The molecule has 0 unspecified atom stereocenters. The van der Waals surface area contributed by atoms with Crippen molar-refractivity contribution in [1.82, 2.24) is 0 Å². The molecule has 0 aromatic heterocycles. The van der Waals surface area contributed by atoms with Gasteiger partial charge in [-0.05, 0) is 19.1 Å². The fourth-order valence-corrected chi connectivity index (χ4v) is 4.17. The van der Waals surface area contributed by atoms with E-state index in [1.807, 2.05) is 6.92 Å². The van der Waals surface area contributed by atoms with Crippen molar-refractivity contribution < 1.29 is 4.79 Å². The van der Waals surface area contributed by atoms with E-state index in [0.29, 0.717) is 20.8 Å². The zero-order valence-electron chi connectivity index (χ0n) is 10.5. The number of thioether (sulfide) groups is 2. The van der Waals surface area contributed by atoms with Crippen molar-refractivity contribution in [3.8, 4) is 0 Å². The summed E-state index contributed by atoms with van der Waals surface area (Å²) >= 11 is 20.9. The van der Waals surface area contributed by atoms with Crippen LogP contribution in [0.15, 0.2) is 17.1 Å². The minimum absolute atomic E-state index is 0.148. The number of amides is 1. The first-order chi connectivity index (χ1) is 9.47. The van der Waals surface area contributed by atoms with E-state index in [4.69, 9.17) is 34.8 Å². The van der Waals surface area contributed by atoms with Gasteiger partial charge in [0, 0.05) is 5.75 Å². The maximum absolute atomic E-state index is 12.1. The number of nitrogens with zero attached hydrogens (tertiary/aromatic N) is 1. The predicted octanol–water partition coefficient (Wildman–Crippen LogP) is 4.81. The largest absolute Gasteiger partial charge is 0.324 e. The van der Waals surface area contributed by atoms with E-state index < -0.39 is 0 Å². The number of aliphatic imine (C=N–C) groups is 1. The van der Waals surface area contributed by atoms with Crippen LogP contribution in [0.1, 0.15) is 6.92 Å². The van der Waals surface area contributed by atoms with Gasteiger partial charge >= 0.3 is 0 Å². The second-order valence-electron chi connectivity index (χ2n) is 3.99. The number of rotatable bonds is 3. The molecular formula is C12H11Cl3N2OS2. The molecular weight excluding hydrogens is 359 g/mol. The lowest BCUT2D eigenvalue weighted by atomic mass is 10.3. The summed E-state index contributed by atoms with van der Waals surface area (Å²) in [6.45, 7) is 2.65. The predicted molar refractivity (Wildman–Crippen MR) is 91.9 cm³/mol. The molecule has 1 aromatic rings. The van der Waals surface area contributed by atoms with Crippen LogP contribution >= 0.6 is 58.3 Å². The highest BCUT2D eigenvalue weighted by Gasteiger charge is 2.20. The Morgan fingerprint density at radius 1 is 1.35 bits per heavy atom. The lowest BCUT2D eigenvalue weighted by Crippen LogP contribution is -2.23. The van der Waals surface area contributed by atoms with Crippen molar-refractivity contribution in [3.63, 3.8) is 0 Å². The second-order valence-corrected chi connectivity index (χ2v) is 7.88. The number of carbonyl (C=O) groups is 1. The number of hydrogen-bond acceptors (Lipinski definition) is 4. The van der Waals surface area contributed by atoms with Crippen molar-refractivity contribution in [1.29, 1.82) is 0 Å². The number of anilines is 1. The quantitative estimate of drug-likeness (QED) is 0.777. The highest BCUT2D eigenvalue weighted by Crippen LogP contribution is 2.33. The fourth-order valence-electron chi connectivity index (χ4n) is 1.44. The van der Waals surface area contributed by atoms with Gasteiger partial charge < -0.3 is 5.32 Å². The Kier molecular flexibility index (Phi) is 5.93. The molecule has 0 saturated heterocycles. The van der Waals surface area contributed by atoms with E-state index in [-0.39, 0.29) is 11.2 Å². The van der Waals surface area contributed by atoms with Gasteiger partial charge in [0.15, 0.2) is 0 Å². The van der Waals surface area contributed by atoms with E-state index in [1.165, 1.54) is 17.8 Å². The third-order valence-corrected chi connectivity index (χ3v) is 5.81. The molecule has 0 bridgehead atoms. The van der Waals surface area contributed by atoms with Crippen LogP contribution in [0.3, 0.4) is 0 Å². The molecule has 20 heavy (non-hydrogen) atoms. The molecule has 2 rings (SSSR count). The number of benzene rings is 1. The molecule has 1 N–H and O–H groups in total. The standard InChI is InChI=1S/C12H11Cl3N2OS2/c1-6(20-12-16-2-3-19-12)11(18)17-10-5-8(14)7(13)4-9(10)15/h4-6H,2-3H2,1H3,(H,17,18)/t6-/m0/s1. The van der Waals surface area contributed by atoms with Crippen LogP contribution in [0.4, 0.5) is 5.69 Å². The summed E-state index contributed by atoms with van der Waals surface area (Å²) in [4.78, 5) is 16.4. The topological polar surface area (TPSA) is 41.5 Å². The average Bonchev–Trinajstić information content (AvgIpc) is 2.88. The Morgan fingerprint density at radius 2 is 2.05 bits per heavy atom. The normalized spacial score (nSPS) is 15.9. The Hall–Kier alpha value is -0.0700. The first-order valence-corrected chi connectivity index (χ1v) is 8.76. The van der Waals surface area contributed by atoms with Crippen LogP contribution in [0.25, 0.3) is 0 Å². The molecule has 1 aromatic carbocycles. The average molecular weight is 370 g/mol. The molecule has 0 fully saturated rings. The number of hydrogen-bond donors (Lipinski definition) is 1. The highest BCUT2D eigenvalue weighted by molar-refractivity contribution is 8.39. The molecule has 0 saturated carbocycles. The summed E-state index contributed by atoms with van der Waals surface area (Å²) in [7, 11) is 0. The Balaban J connectivity index is 2.01. The summed E-state index contributed by atoms with van der Waals surface area (Å²) in [5.74, 6) is 0.834. The smallest absolute Gasteiger partial charge is 0.237 e. The van der Waals surface area contributed by atoms with Gasteiger partial charge in [0.25, 0.3) is 0 Å². The van der Waals surface area contributed by atoms with Crippen LogP contribution in [-0.2, 0) is 4.79 Å². The molecule has 3 nitrogen and oxygen atoms in total. The van der Waals surface area contributed by atoms with E-state index in [1.54, 1.807) is 17.8 Å². The van der Waals surface area contributed by atoms with Gasteiger partial charge in [0.05, 0.1) is 32.5 Å². The van der Waals surface area contributed by atoms with Gasteiger partial charge in [-0.2, -0.15) is 0 Å². The summed E-state index contributed by atoms with van der Waals surface area (Å²) in [6, 6.07) is 3.05. The third kappa shape index (κ3) is 4.21. The van der Waals surface area contributed by atoms with Gasteiger partial charge in [0.2, 0.25) is 5.91 Å². The summed E-state index contributed by atoms with van der Waals surface area (Å²) in [5, 5.41) is 3.56. The Bertz CT molecular complexity index is 566. The van der Waals surface area contributed by atoms with Gasteiger partial charge in [-0.25, -0.2) is 0 Å². The van der Waals surface area contributed by atoms with Crippen LogP contribution in [0.2, 0.25) is 15.1 Å². The van der Waals surface area contributed by atoms with Gasteiger partial charge in [-0.3, -0.25) is 9.79 Å². The Labute approximate surface area is 140 Å². The number of carbonyl (C=O) groups excluding carboxylic acids is 1. The lowest BCUT2D eigenvalue weighted by molar-refractivity contribution is -0.115. The van der Waals surface area contributed by atoms with Gasteiger partial charge in [0.1, 0.15) is 4.38 Å². The summed E-state index contributed by atoms with van der Waals surface area (Å²) in [6.07, 6.45) is 0. The molecule has 108 valence electrons. The second kappa shape index (κ2) is 7.27. The van der Waals surface area contributed by atoms with Crippen LogP contribution in [0.5, 0.6) is 0 Å². The maximum Gasteiger partial charge on any atom is 0.237 e. The Morgan fingerprint density at radius 3 is 2.70 bits per heavy atom. The SMILES string of the molecule is C[C@H](SC1=NCCS1)C(=O)Nc1cc(Cl)c(Cl)cc1Cl. The van der Waals surface area contributed by atoms with Crippen molar-refractivity contribution in [3.05, 3.63) is 27.2 Å². The van der Waals surface area contributed by atoms with Crippen LogP contribution in [0, 0.1) is 0 Å². The maximum atomic E-state index is 12.1. The molecule has 1 amide bonds. The first-order valence-electron chi connectivity index (χ1n) is 5.76. The summed E-state index contributed by atoms with van der Waals surface area (Å²) < 4.78 is 0.952. The molecule has 0 spiro atoms. The monoisotopic (exact) mass is 368 g/mol. The molecule has 1 atom stereocenters. The van der Waals surface area contributed by atoms with Gasteiger partial charge in [-0.15, -0.1) is 0 Å². The van der Waals surface area contributed by atoms with Crippen molar-refractivity contribution in [2.45, 2.75) is 12.2 Å². The molecule has 8 heteroatoms. The highest BCUT2D eigenvalue weighted by atomic mass is 35.5. The lowest BCUT2D eigenvalue weighted by Gasteiger charge is -2.13. The zero-order valence-corrected chi connectivity index (χ0v) is 14.4. The van der Waals surface area contributed by atoms with E-state index in [9.17, 15) is 4.79 Å². The van der Waals surface area contributed by atoms with Crippen molar-refractivity contribution in [2.24, 2.45) is 4.99 Å². The van der Waals surface area contributed by atoms with Crippen molar-refractivity contribution >= 4 is 74.3 Å². The number of nitrogens with one attached hydrogen (secondary N) is 1. The minimum atomic E-state index is -0.259. The fraction of sp³-hybridized carbons (Fsp3) is 0.333. The van der Waals surface area contributed by atoms with Gasteiger partial charge in [-0.1, -0.05) is 58.3 Å².